The maximum Gasteiger partial charge on any atom is 0.305 e. The summed E-state index contributed by atoms with van der Waals surface area (Å²) < 4.78 is 1.77. The summed E-state index contributed by atoms with van der Waals surface area (Å²) in [7, 11) is 0. The molecule has 1 unspecified atom stereocenters. The predicted molar refractivity (Wildman–Crippen MR) is 95.5 cm³/mol. The molecule has 2 N–H and O–H groups in total. The van der Waals surface area contributed by atoms with Crippen LogP contribution in [0.2, 0.25) is 0 Å². The fourth-order valence-corrected chi connectivity index (χ4v) is 2.56. The first-order valence-corrected chi connectivity index (χ1v) is 8.42. The van der Waals surface area contributed by atoms with Gasteiger partial charge >= 0.3 is 5.97 Å². The number of aryl methyl sites for hydroxylation is 1. The number of benzene rings is 1. The second-order valence-corrected chi connectivity index (χ2v) is 6.82. The molecule has 6 nitrogen and oxygen atoms in total. The molecule has 2 rings (SSSR count). The van der Waals surface area contributed by atoms with Crippen molar-refractivity contribution in [3.8, 4) is 5.69 Å². The number of carboxylic acid groups (broad SMARTS) is 1. The standard InChI is InChI=1S/C19H25N3O3/c1-14(2)19(3,11-18(24)25)21-17(23)10-9-15-12-20-22(13-15)16-7-5-4-6-8-16/h4-8,12-14H,9-11H2,1-3H3,(H,21,23)(H,24,25). The highest BCUT2D eigenvalue weighted by atomic mass is 16.4. The number of para-hydroxylation sites is 1. The first-order chi connectivity index (χ1) is 11.8. The van der Waals surface area contributed by atoms with Gasteiger partial charge in [0.1, 0.15) is 0 Å². The van der Waals surface area contributed by atoms with Crippen LogP contribution in [0.15, 0.2) is 42.7 Å². The van der Waals surface area contributed by atoms with Crippen LogP contribution in [0.4, 0.5) is 0 Å². The van der Waals surface area contributed by atoms with Gasteiger partial charge in [0.15, 0.2) is 0 Å². The van der Waals surface area contributed by atoms with E-state index in [9.17, 15) is 9.59 Å². The fraction of sp³-hybridized carbons (Fsp3) is 0.421. The number of carbonyl (C=O) groups excluding carboxylic acids is 1. The predicted octanol–water partition coefficient (Wildman–Crippen LogP) is 2.81. The number of hydrogen-bond acceptors (Lipinski definition) is 3. The summed E-state index contributed by atoms with van der Waals surface area (Å²) in [4.78, 5) is 23.3. The third kappa shape index (κ3) is 5.17. The lowest BCUT2D eigenvalue weighted by Crippen LogP contribution is -2.51. The molecule has 0 aliphatic heterocycles. The number of amides is 1. The summed E-state index contributed by atoms with van der Waals surface area (Å²) in [6.45, 7) is 5.59. The van der Waals surface area contributed by atoms with Crippen molar-refractivity contribution in [1.82, 2.24) is 15.1 Å². The molecule has 1 heterocycles. The number of aliphatic carboxylic acids is 1. The first kappa shape index (κ1) is 18.7. The van der Waals surface area contributed by atoms with E-state index in [-0.39, 0.29) is 18.2 Å². The molecule has 0 radical (unpaired) electrons. The van der Waals surface area contributed by atoms with Gasteiger partial charge in [-0.3, -0.25) is 9.59 Å². The Morgan fingerprint density at radius 1 is 1.28 bits per heavy atom. The van der Waals surface area contributed by atoms with Gasteiger partial charge in [0.25, 0.3) is 0 Å². The molecule has 1 atom stereocenters. The summed E-state index contributed by atoms with van der Waals surface area (Å²) in [5.74, 6) is -1.04. The monoisotopic (exact) mass is 343 g/mol. The van der Waals surface area contributed by atoms with Crippen molar-refractivity contribution in [2.75, 3.05) is 0 Å². The van der Waals surface area contributed by atoms with E-state index in [1.807, 2.05) is 50.4 Å². The molecule has 0 saturated carbocycles. The van der Waals surface area contributed by atoms with Gasteiger partial charge in [-0.25, -0.2) is 4.68 Å². The van der Waals surface area contributed by atoms with Crippen LogP contribution >= 0.6 is 0 Å². The van der Waals surface area contributed by atoms with Crippen molar-refractivity contribution in [3.05, 3.63) is 48.3 Å². The summed E-state index contributed by atoms with van der Waals surface area (Å²) in [6, 6.07) is 9.76. The first-order valence-electron chi connectivity index (χ1n) is 8.42. The fourth-order valence-electron chi connectivity index (χ4n) is 2.56. The van der Waals surface area contributed by atoms with E-state index in [2.05, 4.69) is 10.4 Å². The van der Waals surface area contributed by atoms with Crippen molar-refractivity contribution in [2.24, 2.45) is 5.92 Å². The number of hydrogen-bond donors (Lipinski definition) is 2. The normalized spacial score (nSPS) is 13.4. The smallest absolute Gasteiger partial charge is 0.305 e. The van der Waals surface area contributed by atoms with Crippen LogP contribution in [0.3, 0.4) is 0 Å². The maximum atomic E-state index is 12.3. The van der Waals surface area contributed by atoms with Gasteiger partial charge in [0.2, 0.25) is 5.91 Å². The van der Waals surface area contributed by atoms with E-state index in [0.29, 0.717) is 12.8 Å². The second-order valence-electron chi connectivity index (χ2n) is 6.82. The molecular formula is C19H25N3O3. The second kappa shape index (κ2) is 7.96. The highest BCUT2D eigenvalue weighted by Crippen LogP contribution is 2.21. The van der Waals surface area contributed by atoms with Gasteiger partial charge in [-0.2, -0.15) is 5.10 Å². The number of rotatable bonds is 8. The zero-order chi connectivity index (χ0) is 18.4. The molecule has 134 valence electrons. The minimum atomic E-state index is -0.916. The molecule has 0 spiro atoms. The number of carbonyl (C=O) groups is 2. The summed E-state index contributed by atoms with van der Waals surface area (Å²) in [5, 5.41) is 16.3. The molecule has 0 aliphatic carbocycles. The van der Waals surface area contributed by atoms with E-state index in [0.717, 1.165) is 11.3 Å². The van der Waals surface area contributed by atoms with Crippen molar-refractivity contribution in [2.45, 2.75) is 45.6 Å². The Kier molecular flexibility index (Phi) is 5.96. The quantitative estimate of drug-likeness (QED) is 0.772. The third-order valence-electron chi connectivity index (χ3n) is 4.52. The van der Waals surface area contributed by atoms with Gasteiger partial charge in [-0.15, -0.1) is 0 Å². The van der Waals surface area contributed by atoms with Gasteiger partial charge in [-0.05, 0) is 37.0 Å². The molecule has 0 bridgehead atoms. The molecule has 0 aliphatic rings. The highest BCUT2D eigenvalue weighted by molar-refractivity contribution is 5.78. The number of nitrogens with zero attached hydrogens (tertiary/aromatic N) is 2. The van der Waals surface area contributed by atoms with E-state index in [1.54, 1.807) is 17.8 Å². The Labute approximate surface area is 147 Å². The van der Waals surface area contributed by atoms with Gasteiger partial charge in [0.05, 0.1) is 18.3 Å². The molecule has 1 amide bonds. The Balaban J connectivity index is 1.94. The van der Waals surface area contributed by atoms with Crippen molar-refractivity contribution in [1.29, 1.82) is 0 Å². The maximum absolute atomic E-state index is 12.3. The summed E-state index contributed by atoms with van der Waals surface area (Å²) in [5.41, 5.74) is 1.17. The molecule has 0 saturated heterocycles. The van der Waals surface area contributed by atoms with Crippen LogP contribution in [0.25, 0.3) is 5.69 Å². The van der Waals surface area contributed by atoms with Crippen LogP contribution in [0.5, 0.6) is 0 Å². The van der Waals surface area contributed by atoms with E-state index in [4.69, 9.17) is 5.11 Å². The van der Waals surface area contributed by atoms with Gasteiger partial charge in [0, 0.05) is 18.2 Å². The number of nitrogens with one attached hydrogen (secondary N) is 1. The minimum Gasteiger partial charge on any atom is -0.481 e. The average molecular weight is 343 g/mol. The Morgan fingerprint density at radius 2 is 1.96 bits per heavy atom. The van der Waals surface area contributed by atoms with Crippen LogP contribution in [0.1, 0.15) is 39.2 Å². The molecular weight excluding hydrogens is 318 g/mol. The zero-order valence-corrected chi connectivity index (χ0v) is 14.9. The number of aromatic nitrogens is 2. The Morgan fingerprint density at radius 3 is 2.56 bits per heavy atom. The summed E-state index contributed by atoms with van der Waals surface area (Å²) in [6.07, 6.45) is 4.41. The summed E-state index contributed by atoms with van der Waals surface area (Å²) >= 11 is 0. The molecule has 6 heteroatoms. The van der Waals surface area contributed by atoms with Gasteiger partial charge < -0.3 is 10.4 Å². The Hall–Kier alpha value is -2.63. The van der Waals surface area contributed by atoms with Crippen LogP contribution in [-0.2, 0) is 16.0 Å². The van der Waals surface area contributed by atoms with Crippen molar-refractivity contribution < 1.29 is 14.7 Å². The molecule has 0 fully saturated rings. The largest absolute Gasteiger partial charge is 0.481 e. The van der Waals surface area contributed by atoms with Crippen molar-refractivity contribution >= 4 is 11.9 Å². The van der Waals surface area contributed by atoms with E-state index in [1.165, 1.54) is 0 Å². The Bertz CT molecular complexity index is 725. The van der Waals surface area contributed by atoms with Crippen LogP contribution in [-0.4, -0.2) is 32.3 Å². The van der Waals surface area contributed by atoms with E-state index >= 15 is 0 Å². The molecule has 25 heavy (non-hydrogen) atoms. The van der Waals surface area contributed by atoms with Crippen molar-refractivity contribution in [3.63, 3.8) is 0 Å². The lowest BCUT2D eigenvalue weighted by molar-refractivity contribution is -0.139. The minimum absolute atomic E-state index is 0.0216. The average Bonchev–Trinajstić information content (AvgIpc) is 3.02. The SMILES string of the molecule is CC(C)C(C)(CC(=O)O)NC(=O)CCc1cnn(-c2ccccc2)c1. The molecule has 1 aromatic carbocycles. The zero-order valence-electron chi connectivity index (χ0n) is 14.9. The van der Waals surface area contributed by atoms with Crippen LogP contribution < -0.4 is 5.32 Å². The molecule has 1 aromatic heterocycles. The number of carboxylic acids is 1. The highest BCUT2D eigenvalue weighted by Gasteiger charge is 2.32. The van der Waals surface area contributed by atoms with E-state index < -0.39 is 11.5 Å². The molecule has 2 aromatic rings. The topological polar surface area (TPSA) is 84.2 Å². The van der Waals surface area contributed by atoms with Gasteiger partial charge in [-0.1, -0.05) is 32.0 Å². The lowest BCUT2D eigenvalue weighted by atomic mass is 9.85. The van der Waals surface area contributed by atoms with Crippen LogP contribution in [0, 0.1) is 5.92 Å². The lowest BCUT2D eigenvalue weighted by Gasteiger charge is -2.33. The third-order valence-corrected chi connectivity index (χ3v) is 4.52.